The van der Waals surface area contributed by atoms with Crippen LogP contribution in [-0.4, -0.2) is 30.2 Å². The number of fused-ring (bicyclic) bond motifs is 1. The highest BCUT2D eigenvalue weighted by Gasteiger charge is 2.36. The zero-order valence-corrected chi connectivity index (χ0v) is 25.9. The van der Waals surface area contributed by atoms with Gasteiger partial charge in [-0.2, -0.15) is 0 Å². The Morgan fingerprint density at radius 3 is 2.02 bits per heavy atom. The molecule has 0 fully saturated rings. The minimum atomic E-state index is -0.452. The highest BCUT2D eigenvalue weighted by atomic mass is 32.2. The fraction of sp³-hybridized carbons (Fsp3) is 0.114. The zero-order chi connectivity index (χ0) is 29.6. The third-order valence-electron chi connectivity index (χ3n) is 7.23. The number of aromatic amines is 1. The monoisotopic (exact) mass is 623 g/mol. The summed E-state index contributed by atoms with van der Waals surface area (Å²) in [5, 5.41) is 5.75. The SMILES string of the molecule is CN(Sc1cccs1)c1cc(F)cc2cc(C(=O)NCCSC(c3ccccc3)(c3ccccc3)c3ccccc3)[nH]c12. The van der Waals surface area contributed by atoms with E-state index in [9.17, 15) is 9.18 Å². The number of hydrogen-bond donors (Lipinski definition) is 2. The number of aromatic nitrogens is 1. The Morgan fingerprint density at radius 1 is 0.860 bits per heavy atom. The van der Waals surface area contributed by atoms with Crippen LogP contribution in [0.1, 0.15) is 27.2 Å². The topological polar surface area (TPSA) is 48.1 Å². The molecule has 0 atom stereocenters. The van der Waals surface area contributed by atoms with E-state index in [0.717, 1.165) is 9.73 Å². The number of nitrogens with one attached hydrogen (secondary N) is 2. The Morgan fingerprint density at radius 2 is 1.47 bits per heavy atom. The van der Waals surface area contributed by atoms with Crippen LogP contribution in [0.3, 0.4) is 0 Å². The summed E-state index contributed by atoms with van der Waals surface area (Å²) in [5.74, 6) is 0.106. The Balaban J connectivity index is 1.22. The van der Waals surface area contributed by atoms with Gasteiger partial charge in [-0.3, -0.25) is 4.79 Å². The lowest BCUT2D eigenvalue weighted by Crippen LogP contribution is -2.30. The van der Waals surface area contributed by atoms with E-state index in [-0.39, 0.29) is 11.7 Å². The van der Waals surface area contributed by atoms with Gasteiger partial charge >= 0.3 is 0 Å². The quantitative estimate of drug-likeness (QED) is 0.0859. The van der Waals surface area contributed by atoms with Crippen molar-refractivity contribution in [2.24, 2.45) is 0 Å². The van der Waals surface area contributed by atoms with E-state index in [4.69, 9.17) is 0 Å². The van der Waals surface area contributed by atoms with Gasteiger partial charge in [0.25, 0.3) is 5.91 Å². The summed E-state index contributed by atoms with van der Waals surface area (Å²) >= 11 is 4.94. The lowest BCUT2D eigenvalue weighted by molar-refractivity contribution is 0.0952. The molecule has 0 saturated heterocycles. The van der Waals surface area contributed by atoms with Crippen molar-refractivity contribution in [1.29, 1.82) is 0 Å². The molecule has 216 valence electrons. The fourth-order valence-electron chi connectivity index (χ4n) is 5.29. The van der Waals surface area contributed by atoms with Crippen molar-refractivity contribution in [1.82, 2.24) is 10.3 Å². The maximum absolute atomic E-state index is 14.6. The van der Waals surface area contributed by atoms with Crippen LogP contribution in [0.15, 0.2) is 131 Å². The molecule has 0 unspecified atom stereocenters. The third kappa shape index (κ3) is 6.22. The van der Waals surface area contributed by atoms with E-state index in [1.807, 2.05) is 47.1 Å². The first-order valence-corrected chi connectivity index (χ1v) is 16.5. The number of carbonyl (C=O) groups is 1. The van der Waals surface area contributed by atoms with Crippen LogP contribution in [0.25, 0.3) is 10.9 Å². The van der Waals surface area contributed by atoms with Crippen LogP contribution >= 0.6 is 35.0 Å². The molecule has 0 radical (unpaired) electrons. The van der Waals surface area contributed by atoms with Gasteiger partial charge in [0.05, 0.1) is 20.2 Å². The molecular formula is C35H30FN3OS3. The van der Waals surface area contributed by atoms with Crippen molar-refractivity contribution in [2.75, 3.05) is 23.7 Å². The molecular weight excluding hydrogens is 594 g/mol. The molecule has 2 heterocycles. The number of benzene rings is 4. The van der Waals surface area contributed by atoms with Crippen molar-refractivity contribution in [3.63, 3.8) is 0 Å². The molecule has 4 nitrogen and oxygen atoms in total. The Bertz CT molecular complexity index is 1700. The molecule has 0 aliphatic heterocycles. The van der Waals surface area contributed by atoms with Crippen LogP contribution < -0.4 is 9.62 Å². The highest BCUT2D eigenvalue weighted by Crippen LogP contribution is 2.48. The van der Waals surface area contributed by atoms with E-state index in [1.54, 1.807) is 29.2 Å². The number of thiophene rings is 1. The first kappa shape index (κ1) is 29.1. The predicted octanol–water partition coefficient (Wildman–Crippen LogP) is 8.97. The van der Waals surface area contributed by atoms with Gasteiger partial charge in [0.15, 0.2) is 0 Å². The molecule has 0 bridgehead atoms. The van der Waals surface area contributed by atoms with Crippen LogP contribution in [0.4, 0.5) is 10.1 Å². The number of H-pyrrole nitrogens is 1. The van der Waals surface area contributed by atoms with Gasteiger partial charge in [-0.05, 0) is 52.2 Å². The van der Waals surface area contributed by atoms with Gasteiger partial charge in [-0.1, -0.05) is 97.1 Å². The average Bonchev–Trinajstić information content (AvgIpc) is 3.72. The molecule has 0 saturated carbocycles. The number of carbonyl (C=O) groups excluding carboxylic acids is 1. The Hall–Kier alpha value is -3.98. The molecule has 0 spiro atoms. The lowest BCUT2D eigenvalue weighted by atomic mass is 9.84. The summed E-state index contributed by atoms with van der Waals surface area (Å²) in [6, 6.07) is 40.2. The Kier molecular flexibility index (Phi) is 8.88. The summed E-state index contributed by atoms with van der Waals surface area (Å²) in [5.41, 5.74) is 5.35. The second-order valence-electron chi connectivity index (χ2n) is 9.98. The van der Waals surface area contributed by atoms with Gasteiger partial charge in [0.2, 0.25) is 0 Å². The fourth-order valence-corrected chi connectivity index (χ4v) is 8.48. The number of nitrogens with zero attached hydrogens (tertiary/aromatic N) is 1. The smallest absolute Gasteiger partial charge is 0.267 e. The summed E-state index contributed by atoms with van der Waals surface area (Å²) in [7, 11) is 1.90. The molecule has 43 heavy (non-hydrogen) atoms. The van der Waals surface area contributed by atoms with Crippen molar-refractivity contribution in [2.45, 2.75) is 8.96 Å². The van der Waals surface area contributed by atoms with Gasteiger partial charge in [0.1, 0.15) is 11.5 Å². The summed E-state index contributed by atoms with van der Waals surface area (Å²) in [6.45, 7) is 0.461. The molecule has 0 aliphatic carbocycles. The normalized spacial score (nSPS) is 11.5. The maximum Gasteiger partial charge on any atom is 0.267 e. The molecule has 2 aromatic heterocycles. The minimum absolute atomic E-state index is 0.221. The van der Waals surface area contributed by atoms with Crippen molar-refractivity contribution in [3.05, 3.63) is 155 Å². The second kappa shape index (κ2) is 13.1. The van der Waals surface area contributed by atoms with Gasteiger partial charge < -0.3 is 14.6 Å². The number of amides is 1. The van der Waals surface area contributed by atoms with Crippen LogP contribution in [-0.2, 0) is 4.75 Å². The maximum atomic E-state index is 14.6. The summed E-state index contributed by atoms with van der Waals surface area (Å²) < 4.78 is 17.1. The molecule has 8 heteroatoms. The van der Waals surface area contributed by atoms with Crippen molar-refractivity contribution in [3.8, 4) is 0 Å². The van der Waals surface area contributed by atoms with E-state index in [1.165, 1.54) is 40.8 Å². The molecule has 4 aromatic carbocycles. The first-order valence-electron chi connectivity index (χ1n) is 13.9. The minimum Gasteiger partial charge on any atom is -0.350 e. The second-order valence-corrected chi connectivity index (χ2v) is 13.7. The zero-order valence-electron chi connectivity index (χ0n) is 23.5. The average molecular weight is 624 g/mol. The summed E-state index contributed by atoms with van der Waals surface area (Å²) in [4.78, 5) is 16.6. The molecule has 2 N–H and O–H groups in total. The third-order valence-corrected chi connectivity index (χ3v) is 10.7. The van der Waals surface area contributed by atoms with E-state index in [0.29, 0.717) is 29.1 Å². The van der Waals surface area contributed by atoms with Gasteiger partial charge in [0, 0.05) is 30.8 Å². The standard InChI is InChI=1S/C35H30FN3OS3/c1-39(43-32-18-11-20-41-32)31-24-29(36)22-25-23-30(38-33(25)31)34(40)37-19-21-42-35(26-12-5-2-6-13-26,27-14-7-3-8-15-27)28-16-9-4-10-17-28/h2-18,20,22-24,38H,19,21H2,1H3,(H,37,40). The molecule has 6 rings (SSSR count). The largest absolute Gasteiger partial charge is 0.350 e. The number of thioether (sulfide) groups is 1. The number of halogens is 1. The first-order chi connectivity index (χ1) is 21.0. The number of hydrogen-bond acceptors (Lipinski definition) is 5. The molecule has 6 aromatic rings. The Labute approximate surface area is 263 Å². The van der Waals surface area contributed by atoms with Crippen LogP contribution in [0.2, 0.25) is 0 Å². The van der Waals surface area contributed by atoms with E-state index < -0.39 is 4.75 Å². The lowest BCUT2D eigenvalue weighted by Gasteiger charge is -2.35. The highest BCUT2D eigenvalue weighted by molar-refractivity contribution is 8.02. The summed E-state index contributed by atoms with van der Waals surface area (Å²) in [6.07, 6.45) is 0. The van der Waals surface area contributed by atoms with Crippen LogP contribution in [0.5, 0.6) is 0 Å². The van der Waals surface area contributed by atoms with Gasteiger partial charge in [-0.15, -0.1) is 23.1 Å². The van der Waals surface area contributed by atoms with Crippen molar-refractivity contribution < 1.29 is 9.18 Å². The van der Waals surface area contributed by atoms with Gasteiger partial charge in [-0.25, -0.2) is 4.39 Å². The van der Waals surface area contributed by atoms with Crippen molar-refractivity contribution >= 4 is 57.5 Å². The molecule has 1 amide bonds. The predicted molar refractivity (Wildman–Crippen MR) is 181 cm³/mol. The number of rotatable bonds is 11. The molecule has 0 aliphatic rings. The number of anilines is 1. The van der Waals surface area contributed by atoms with E-state index >= 15 is 0 Å². The van der Waals surface area contributed by atoms with E-state index in [2.05, 4.69) is 83.1 Å². The van der Waals surface area contributed by atoms with Crippen LogP contribution in [0, 0.1) is 5.82 Å².